The number of benzene rings is 2. The Kier molecular flexibility index (Phi) is 5.25. The lowest BCUT2D eigenvalue weighted by atomic mass is 10.1. The Labute approximate surface area is 181 Å². The van der Waals surface area contributed by atoms with Gasteiger partial charge in [-0.3, -0.25) is 25.0 Å². The van der Waals surface area contributed by atoms with Crippen molar-refractivity contribution in [2.45, 2.75) is 0 Å². The molecule has 1 aliphatic heterocycles. The number of anilines is 1. The number of ether oxygens (including phenoxy) is 1. The van der Waals surface area contributed by atoms with Gasteiger partial charge in [-0.05, 0) is 54.6 Å². The molecule has 1 aliphatic rings. The number of nitrogens with zero attached hydrogens (tertiary/aromatic N) is 3. The van der Waals surface area contributed by atoms with Crippen molar-refractivity contribution >= 4 is 35.3 Å². The summed E-state index contributed by atoms with van der Waals surface area (Å²) in [6, 6.07) is 14.6. The number of barbiturate groups is 1. The topological polar surface area (TPSA) is 124 Å². The zero-order chi connectivity index (χ0) is 22.8. The van der Waals surface area contributed by atoms with Crippen LogP contribution in [0.15, 0.2) is 72.4 Å². The van der Waals surface area contributed by atoms with Crippen LogP contribution in [0.4, 0.5) is 16.2 Å². The number of urea groups is 1. The Hall–Kier alpha value is -4.73. The standard InChI is InChI=1S/C22H16N4O6/c1-32-18-10-8-15(9-11-18)25-21(28)19(20(27)23-22(25)29)13-17-3-2-12-24(17)14-4-6-16(7-5-14)26(30)31/h2-13H,1H3,(H,23,27,29). The van der Waals surface area contributed by atoms with Crippen molar-refractivity contribution in [3.63, 3.8) is 0 Å². The van der Waals surface area contributed by atoms with E-state index in [1.165, 1.54) is 37.5 Å². The Morgan fingerprint density at radius 2 is 1.62 bits per heavy atom. The molecule has 10 heteroatoms. The van der Waals surface area contributed by atoms with E-state index in [2.05, 4.69) is 5.32 Å². The first kappa shape index (κ1) is 20.5. The van der Waals surface area contributed by atoms with Gasteiger partial charge in [0.1, 0.15) is 11.3 Å². The van der Waals surface area contributed by atoms with Crippen LogP contribution in [0.5, 0.6) is 5.75 Å². The summed E-state index contributed by atoms with van der Waals surface area (Å²) in [7, 11) is 1.49. The highest BCUT2D eigenvalue weighted by molar-refractivity contribution is 6.39. The number of hydrogen-bond donors (Lipinski definition) is 1. The maximum absolute atomic E-state index is 13.1. The largest absolute Gasteiger partial charge is 0.497 e. The van der Waals surface area contributed by atoms with Gasteiger partial charge in [0, 0.05) is 29.7 Å². The van der Waals surface area contributed by atoms with Crippen LogP contribution in [-0.4, -0.2) is 34.4 Å². The van der Waals surface area contributed by atoms with Crippen molar-refractivity contribution in [1.82, 2.24) is 9.88 Å². The number of imide groups is 2. The number of nitro benzene ring substituents is 1. The molecule has 0 aliphatic carbocycles. The van der Waals surface area contributed by atoms with Crippen molar-refractivity contribution in [3.05, 3.63) is 88.2 Å². The molecule has 160 valence electrons. The third-order valence-electron chi connectivity index (χ3n) is 4.84. The van der Waals surface area contributed by atoms with E-state index in [0.717, 1.165) is 4.90 Å². The second-order valence-electron chi connectivity index (χ2n) is 6.73. The lowest BCUT2D eigenvalue weighted by Gasteiger charge is -2.26. The van der Waals surface area contributed by atoms with Gasteiger partial charge in [-0.1, -0.05) is 0 Å². The zero-order valence-electron chi connectivity index (χ0n) is 16.7. The number of nitrogens with one attached hydrogen (secondary N) is 1. The van der Waals surface area contributed by atoms with Crippen molar-refractivity contribution in [1.29, 1.82) is 0 Å². The van der Waals surface area contributed by atoms with Gasteiger partial charge in [-0.25, -0.2) is 9.69 Å². The molecule has 0 atom stereocenters. The average Bonchev–Trinajstić information content (AvgIpc) is 3.25. The van der Waals surface area contributed by atoms with Crippen molar-refractivity contribution in [2.75, 3.05) is 12.0 Å². The van der Waals surface area contributed by atoms with Crippen LogP contribution in [-0.2, 0) is 9.59 Å². The fraction of sp³-hybridized carbons (Fsp3) is 0.0455. The predicted molar refractivity (Wildman–Crippen MR) is 114 cm³/mol. The zero-order valence-corrected chi connectivity index (χ0v) is 16.7. The second kappa shape index (κ2) is 8.19. The SMILES string of the molecule is COc1ccc(N2C(=O)NC(=O)C(=Cc3cccn3-c3ccc([N+](=O)[O-])cc3)C2=O)cc1. The molecule has 2 heterocycles. The third-order valence-corrected chi connectivity index (χ3v) is 4.84. The number of amides is 4. The molecule has 32 heavy (non-hydrogen) atoms. The minimum Gasteiger partial charge on any atom is -0.497 e. The van der Waals surface area contributed by atoms with Crippen molar-refractivity contribution in [3.8, 4) is 11.4 Å². The second-order valence-corrected chi connectivity index (χ2v) is 6.73. The first-order valence-electron chi connectivity index (χ1n) is 9.37. The van der Waals surface area contributed by atoms with E-state index < -0.39 is 22.8 Å². The van der Waals surface area contributed by atoms with Crippen LogP contribution < -0.4 is 15.0 Å². The highest BCUT2D eigenvalue weighted by Gasteiger charge is 2.37. The maximum Gasteiger partial charge on any atom is 0.335 e. The van der Waals surface area contributed by atoms with Crippen molar-refractivity contribution in [2.24, 2.45) is 0 Å². The smallest absolute Gasteiger partial charge is 0.335 e. The van der Waals surface area contributed by atoms with Crippen LogP contribution in [0.1, 0.15) is 5.69 Å². The number of nitro groups is 1. The molecule has 0 saturated carbocycles. The average molecular weight is 432 g/mol. The van der Waals surface area contributed by atoms with Crippen LogP contribution in [0.25, 0.3) is 11.8 Å². The summed E-state index contributed by atoms with van der Waals surface area (Å²) in [4.78, 5) is 49.1. The number of carbonyl (C=O) groups excluding carboxylic acids is 3. The molecule has 2 aromatic carbocycles. The molecule has 3 aromatic rings. The van der Waals surface area contributed by atoms with Crippen molar-refractivity contribution < 1.29 is 24.0 Å². The summed E-state index contributed by atoms with van der Waals surface area (Å²) < 4.78 is 6.74. The Balaban J connectivity index is 1.70. The number of rotatable bonds is 5. The van der Waals surface area contributed by atoms with Crippen LogP contribution in [0.3, 0.4) is 0 Å². The molecule has 1 N–H and O–H groups in total. The highest BCUT2D eigenvalue weighted by Crippen LogP contribution is 2.25. The number of non-ortho nitro benzene ring substituents is 1. The number of carbonyl (C=O) groups is 3. The van der Waals surface area contributed by atoms with E-state index in [1.807, 2.05) is 0 Å². The number of aromatic nitrogens is 1. The van der Waals surface area contributed by atoms with Crippen LogP contribution in [0, 0.1) is 10.1 Å². The first-order valence-corrected chi connectivity index (χ1v) is 9.37. The van der Waals surface area contributed by atoms with Gasteiger partial charge < -0.3 is 9.30 Å². The molecule has 4 amide bonds. The molecule has 1 fully saturated rings. The van der Waals surface area contributed by atoms with Gasteiger partial charge in [0.25, 0.3) is 17.5 Å². The normalized spacial score (nSPS) is 15.1. The summed E-state index contributed by atoms with van der Waals surface area (Å²) >= 11 is 0. The van der Waals surface area contributed by atoms with Gasteiger partial charge in [-0.2, -0.15) is 0 Å². The van der Waals surface area contributed by atoms with Crippen LogP contribution in [0.2, 0.25) is 0 Å². The van der Waals surface area contributed by atoms with Gasteiger partial charge in [0.15, 0.2) is 0 Å². The fourth-order valence-electron chi connectivity index (χ4n) is 3.25. The van der Waals surface area contributed by atoms with E-state index >= 15 is 0 Å². The summed E-state index contributed by atoms with van der Waals surface area (Å²) in [5.74, 6) is -1.05. The molecule has 1 aromatic heterocycles. The van der Waals surface area contributed by atoms with Crippen LogP contribution >= 0.6 is 0 Å². The van der Waals surface area contributed by atoms with Gasteiger partial charge in [-0.15, -0.1) is 0 Å². The predicted octanol–water partition coefficient (Wildman–Crippen LogP) is 3.06. The molecule has 0 spiro atoms. The van der Waals surface area contributed by atoms with Gasteiger partial charge in [0.2, 0.25) is 0 Å². The summed E-state index contributed by atoms with van der Waals surface area (Å²) in [5.41, 5.74) is 1.05. The van der Waals surface area contributed by atoms with E-state index in [1.54, 1.807) is 47.2 Å². The Morgan fingerprint density at radius 1 is 0.969 bits per heavy atom. The molecule has 4 rings (SSSR count). The van der Waals surface area contributed by atoms with E-state index in [-0.39, 0.29) is 16.9 Å². The van der Waals surface area contributed by atoms with E-state index in [4.69, 9.17) is 4.74 Å². The third kappa shape index (κ3) is 3.72. The Morgan fingerprint density at radius 3 is 2.25 bits per heavy atom. The highest BCUT2D eigenvalue weighted by atomic mass is 16.6. The Bertz CT molecular complexity index is 1260. The summed E-state index contributed by atoms with van der Waals surface area (Å²) in [6.45, 7) is 0. The minimum absolute atomic E-state index is 0.0590. The molecular weight excluding hydrogens is 416 g/mol. The molecule has 0 unspecified atom stereocenters. The van der Waals surface area contributed by atoms with Gasteiger partial charge in [0.05, 0.1) is 17.7 Å². The summed E-state index contributed by atoms with van der Waals surface area (Å²) in [6.07, 6.45) is 3.05. The quantitative estimate of drug-likeness (QED) is 0.286. The first-order chi connectivity index (χ1) is 15.4. The summed E-state index contributed by atoms with van der Waals surface area (Å²) in [5, 5.41) is 13.1. The number of methoxy groups -OCH3 is 1. The van der Waals surface area contributed by atoms with Gasteiger partial charge >= 0.3 is 6.03 Å². The fourth-order valence-corrected chi connectivity index (χ4v) is 3.25. The number of hydrogen-bond acceptors (Lipinski definition) is 6. The maximum atomic E-state index is 13.1. The molecule has 0 bridgehead atoms. The molecule has 1 saturated heterocycles. The monoisotopic (exact) mass is 432 g/mol. The molecular formula is C22H16N4O6. The van der Waals surface area contributed by atoms with E-state index in [9.17, 15) is 24.5 Å². The minimum atomic E-state index is -0.854. The lowest BCUT2D eigenvalue weighted by molar-refractivity contribution is -0.384. The molecule has 10 nitrogen and oxygen atoms in total. The molecule has 0 radical (unpaired) electrons. The van der Waals surface area contributed by atoms with E-state index in [0.29, 0.717) is 17.1 Å². The lowest BCUT2D eigenvalue weighted by Crippen LogP contribution is -2.54.